The molecule has 26 heavy (non-hydrogen) atoms. The van der Waals surface area contributed by atoms with Gasteiger partial charge in [-0.05, 0) is 25.0 Å². The molecular formula is C18H22N4O4. The zero-order chi connectivity index (χ0) is 19.0. The molecule has 1 heterocycles. The molecule has 0 spiro atoms. The third-order valence-electron chi connectivity index (χ3n) is 5.07. The minimum Gasteiger partial charge on any atom is -0.366 e. The predicted molar refractivity (Wildman–Crippen MR) is 95.6 cm³/mol. The summed E-state index contributed by atoms with van der Waals surface area (Å²) in [6, 6.07) is 2.89. The number of rotatable bonds is 4. The molecule has 1 aromatic rings. The fourth-order valence-electron chi connectivity index (χ4n) is 3.78. The third kappa shape index (κ3) is 2.76. The Hall–Kier alpha value is -2.74. The zero-order valence-electron chi connectivity index (χ0n) is 14.7. The first kappa shape index (κ1) is 18.1. The molecular weight excluding hydrogens is 336 g/mol. The lowest BCUT2D eigenvalue weighted by molar-refractivity contribution is -0.118. The van der Waals surface area contributed by atoms with E-state index < -0.39 is 23.5 Å². The van der Waals surface area contributed by atoms with Gasteiger partial charge in [0.25, 0.3) is 17.6 Å². The first-order valence-electron chi connectivity index (χ1n) is 8.80. The first-order chi connectivity index (χ1) is 12.4. The number of hydrogen-bond acceptors (Lipinski definition) is 5. The SMILES string of the molecule is CCC(=O)N(N)c1c(C(N)=O)ccc2c1C(=O)C(=O)N2C1CCCCC1. The number of fused-ring (bicyclic) bond motifs is 1. The molecule has 1 aliphatic carbocycles. The quantitative estimate of drug-likeness (QED) is 0.363. The minimum absolute atomic E-state index is 0.0128. The van der Waals surface area contributed by atoms with Crippen molar-refractivity contribution >= 4 is 34.9 Å². The average molecular weight is 358 g/mol. The molecule has 0 aromatic heterocycles. The second-order valence-electron chi connectivity index (χ2n) is 6.63. The van der Waals surface area contributed by atoms with Crippen LogP contribution in [-0.2, 0) is 9.59 Å². The van der Waals surface area contributed by atoms with Gasteiger partial charge in [0.2, 0.25) is 5.91 Å². The van der Waals surface area contributed by atoms with Crippen molar-refractivity contribution in [2.75, 3.05) is 9.91 Å². The van der Waals surface area contributed by atoms with Crippen LogP contribution in [0.5, 0.6) is 0 Å². The van der Waals surface area contributed by atoms with Crippen LogP contribution in [0.4, 0.5) is 11.4 Å². The number of hydrogen-bond donors (Lipinski definition) is 2. The fourth-order valence-corrected chi connectivity index (χ4v) is 3.78. The second kappa shape index (κ2) is 6.87. The van der Waals surface area contributed by atoms with Crippen molar-refractivity contribution in [1.29, 1.82) is 0 Å². The molecule has 1 fully saturated rings. The van der Waals surface area contributed by atoms with Crippen molar-refractivity contribution in [2.45, 2.75) is 51.5 Å². The van der Waals surface area contributed by atoms with E-state index in [1.807, 2.05) is 0 Å². The van der Waals surface area contributed by atoms with Crippen LogP contribution in [0.3, 0.4) is 0 Å². The highest BCUT2D eigenvalue weighted by molar-refractivity contribution is 6.54. The molecule has 0 atom stereocenters. The van der Waals surface area contributed by atoms with E-state index in [0.29, 0.717) is 5.69 Å². The summed E-state index contributed by atoms with van der Waals surface area (Å²) in [7, 11) is 0. The highest BCUT2D eigenvalue weighted by atomic mass is 16.2. The number of ketones is 1. The summed E-state index contributed by atoms with van der Waals surface area (Å²) in [5.41, 5.74) is 5.64. The van der Waals surface area contributed by atoms with E-state index in [9.17, 15) is 19.2 Å². The maximum Gasteiger partial charge on any atom is 0.299 e. The van der Waals surface area contributed by atoms with Crippen LogP contribution in [-0.4, -0.2) is 29.5 Å². The molecule has 0 unspecified atom stereocenters. The van der Waals surface area contributed by atoms with E-state index in [1.54, 1.807) is 13.0 Å². The normalized spacial score (nSPS) is 17.4. The van der Waals surface area contributed by atoms with Crippen LogP contribution < -0.4 is 21.5 Å². The van der Waals surface area contributed by atoms with Crippen molar-refractivity contribution in [2.24, 2.45) is 11.6 Å². The van der Waals surface area contributed by atoms with Gasteiger partial charge >= 0.3 is 0 Å². The Labute approximate surface area is 151 Å². The average Bonchev–Trinajstić information content (AvgIpc) is 2.91. The molecule has 8 nitrogen and oxygen atoms in total. The van der Waals surface area contributed by atoms with E-state index in [0.717, 1.165) is 37.1 Å². The molecule has 4 N–H and O–H groups in total. The van der Waals surface area contributed by atoms with Gasteiger partial charge in [0, 0.05) is 12.5 Å². The summed E-state index contributed by atoms with van der Waals surface area (Å²) in [5.74, 6) is 3.17. The largest absolute Gasteiger partial charge is 0.366 e. The lowest BCUT2D eigenvalue weighted by Gasteiger charge is -2.31. The van der Waals surface area contributed by atoms with Crippen LogP contribution in [0.25, 0.3) is 0 Å². The summed E-state index contributed by atoms with van der Waals surface area (Å²) in [4.78, 5) is 50.8. The van der Waals surface area contributed by atoms with Crippen molar-refractivity contribution in [3.8, 4) is 0 Å². The van der Waals surface area contributed by atoms with Gasteiger partial charge in [-0.2, -0.15) is 0 Å². The van der Waals surface area contributed by atoms with Gasteiger partial charge in [0.05, 0.1) is 22.5 Å². The summed E-state index contributed by atoms with van der Waals surface area (Å²) in [5, 5.41) is 0.758. The highest BCUT2D eigenvalue weighted by Gasteiger charge is 2.43. The highest BCUT2D eigenvalue weighted by Crippen LogP contribution is 2.41. The number of hydrazine groups is 1. The smallest absolute Gasteiger partial charge is 0.299 e. The Morgan fingerprint density at radius 2 is 1.85 bits per heavy atom. The number of carbonyl (C=O) groups is 4. The Bertz CT molecular complexity index is 799. The van der Waals surface area contributed by atoms with Crippen LogP contribution in [0, 0.1) is 0 Å². The molecule has 138 valence electrons. The van der Waals surface area contributed by atoms with E-state index in [4.69, 9.17) is 11.6 Å². The van der Waals surface area contributed by atoms with Gasteiger partial charge in [-0.3, -0.25) is 19.2 Å². The molecule has 1 aromatic carbocycles. The summed E-state index contributed by atoms with van der Waals surface area (Å²) < 4.78 is 0. The fraction of sp³-hybridized carbons (Fsp3) is 0.444. The third-order valence-corrected chi connectivity index (χ3v) is 5.07. The molecule has 1 saturated carbocycles. The molecule has 3 rings (SSSR count). The topological polar surface area (TPSA) is 127 Å². The molecule has 0 radical (unpaired) electrons. The van der Waals surface area contributed by atoms with Crippen molar-refractivity contribution in [3.05, 3.63) is 23.3 Å². The number of Topliss-reactive ketones (excluding diaryl/α,β-unsaturated/α-hetero) is 1. The molecule has 3 amide bonds. The van der Waals surface area contributed by atoms with Gasteiger partial charge in [0.15, 0.2) is 0 Å². The van der Waals surface area contributed by atoms with Crippen molar-refractivity contribution in [1.82, 2.24) is 0 Å². The zero-order valence-corrected chi connectivity index (χ0v) is 14.7. The minimum atomic E-state index is -0.821. The number of primary amides is 1. The Morgan fingerprint density at radius 1 is 1.19 bits per heavy atom. The number of nitrogens with two attached hydrogens (primary N) is 2. The van der Waals surface area contributed by atoms with Crippen molar-refractivity contribution < 1.29 is 19.2 Å². The number of nitrogens with zero attached hydrogens (tertiary/aromatic N) is 2. The first-order valence-corrected chi connectivity index (χ1v) is 8.80. The van der Waals surface area contributed by atoms with E-state index >= 15 is 0 Å². The number of anilines is 2. The maximum atomic E-state index is 12.7. The van der Waals surface area contributed by atoms with E-state index in [-0.39, 0.29) is 29.3 Å². The number of amides is 3. The summed E-state index contributed by atoms with van der Waals surface area (Å²) in [6.07, 6.45) is 4.78. The maximum absolute atomic E-state index is 12.7. The predicted octanol–water partition coefficient (Wildman–Crippen LogP) is 1.26. The standard InChI is InChI=1S/C18H22N4O4/c1-2-13(23)22(20)15-11(17(19)25)8-9-12-14(15)16(24)18(26)21(12)10-6-4-3-5-7-10/h8-10H,2-7,20H2,1H3,(H2,19,25). The Morgan fingerprint density at radius 3 is 2.42 bits per heavy atom. The number of carbonyl (C=O) groups excluding carboxylic acids is 4. The van der Waals surface area contributed by atoms with Gasteiger partial charge in [-0.1, -0.05) is 26.2 Å². The van der Waals surface area contributed by atoms with Crippen LogP contribution >= 0.6 is 0 Å². The van der Waals surface area contributed by atoms with Gasteiger partial charge < -0.3 is 10.6 Å². The monoisotopic (exact) mass is 358 g/mol. The molecule has 0 saturated heterocycles. The summed E-state index contributed by atoms with van der Waals surface area (Å²) in [6.45, 7) is 1.61. The lowest BCUT2D eigenvalue weighted by atomic mass is 9.94. The van der Waals surface area contributed by atoms with Crippen molar-refractivity contribution in [3.63, 3.8) is 0 Å². The van der Waals surface area contributed by atoms with Gasteiger partial charge in [-0.15, -0.1) is 0 Å². The van der Waals surface area contributed by atoms with E-state index in [2.05, 4.69) is 0 Å². The molecule has 0 bridgehead atoms. The van der Waals surface area contributed by atoms with Crippen LogP contribution in [0.1, 0.15) is 66.2 Å². The Balaban J connectivity index is 2.18. The van der Waals surface area contributed by atoms with Gasteiger partial charge in [0.1, 0.15) is 0 Å². The van der Waals surface area contributed by atoms with E-state index in [1.165, 1.54) is 11.0 Å². The molecule has 8 heteroatoms. The second-order valence-corrected chi connectivity index (χ2v) is 6.63. The molecule has 1 aliphatic heterocycles. The summed E-state index contributed by atoms with van der Waals surface area (Å²) >= 11 is 0. The lowest BCUT2D eigenvalue weighted by Crippen LogP contribution is -2.40. The van der Waals surface area contributed by atoms with Crippen LogP contribution in [0.15, 0.2) is 12.1 Å². The van der Waals surface area contributed by atoms with Gasteiger partial charge in [-0.25, -0.2) is 10.9 Å². The van der Waals surface area contributed by atoms with Crippen LogP contribution in [0.2, 0.25) is 0 Å². The molecule has 2 aliphatic rings. The number of benzene rings is 1. The Kier molecular flexibility index (Phi) is 4.78.